The number of hydrazone groups is 1. The Balaban J connectivity index is 1.78. The lowest BCUT2D eigenvalue weighted by molar-refractivity contribution is 0.0697. The second-order valence-corrected chi connectivity index (χ2v) is 6.58. The zero-order valence-electron chi connectivity index (χ0n) is 13.2. The van der Waals surface area contributed by atoms with Gasteiger partial charge in [-0.15, -0.1) is 11.3 Å². The number of aryl methyl sites for hydroxylation is 1. The molecule has 3 aromatic rings. The van der Waals surface area contributed by atoms with Crippen molar-refractivity contribution in [3.05, 3.63) is 69.7 Å². The van der Waals surface area contributed by atoms with Crippen molar-refractivity contribution < 1.29 is 9.90 Å². The number of thiazole rings is 1. The average molecular weight is 372 g/mol. The summed E-state index contributed by atoms with van der Waals surface area (Å²) in [5.41, 5.74) is 6.27. The third-order valence-electron chi connectivity index (χ3n) is 3.43. The number of benzene rings is 2. The molecule has 2 N–H and O–H groups in total. The van der Waals surface area contributed by atoms with E-state index in [1.807, 2.05) is 36.6 Å². The van der Waals surface area contributed by atoms with Crippen LogP contribution in [0.1, 0.15) is 21.6 Å². The zero-order chi connectivity index (χ0) is 17.8. The number of aromatic nitrogens is 1. The van der Waals surface area contributed by atoms with Crippen molar-refractivity contribution in [2.45, 2.75) is 6.92 Å². The molecule has 25 heavy (non-hydrogen) atoms. The third-order valence-corrected chi connectivity index (χ3v) is 4.53. The van der Waals surface area contributed by atoms with Crippen LogP contribution in [0.15, 0.2) is 52.9 Å². The van der Waals surface area contributed by atoms with Crippen LogP contribution in [0.2, 0.25) is 5.02 Å². The lowest BCUT2D eigenvalue weighted by Crippen LogP contribution is -1.99. The molecule has 1 aromatic heterocycles. The molecule has 126 valence electrons. The van der Waals surface area contributed by atoms with E-state index in [2.05, 4.69) is 15.5 Å². The number of nitrogens with zero attached hydrogens (tertiary/aromatic N) is 2. The van der Waals surface area contributed by atoms with Crippen LogP contribution in [0.5, 0.6) is 0 Å². The summed E-state index contributed by atoms with van der Waals surface area (Å²) in [7, 11) is 0. The summed E-state index contributed by atoms with van der Waals surface area (Å²) in [6.45, 7) is 1.92. The summed E-state index contributed by atoms with van der Waals surface area (Å²) in [6, 6.07) is 12.1. The monoisotopic (exact) mass is 371 g/mol. The number of aromatic carboxylic acids is 1. The molecule has 0 aliphatic carbocycles. The lowest BCUT2D eigenvalue weighted by Gasteiger charge is -2.07. The van der Waals surface area contributed by atoms with E-state index in [0.29, 0.717) is 10.6 Å². The number of carbonyl (C=O) groups is 1. The average Bonchev–Trinajstić information content (AvgIpc) is 3.00. The number of rotatable bonds is 5. The Hall–Kier alpha value is -2.70. The molecule has 0 fully saturated rings. The number of nitrogens with one attached hydrogen (secondary N) is 1. The number of anilines is 1. The highest BCUT2D eigenvalue weighted by Crippen LogP contribution is 2.27. The van der Waals surface area contributed by atoms with Gasteiger partial charge < -0.3 is 5.11 Å². The number of halogens is 1. The molecule has 1 heterocycles. The van der Waals surface area contributed by atoms with Crippen molar-refractivity contribution in [3.63, 3.8) is 0 Å². The van der Waals surface area contributed by atoms with Gasteiger partial charge in [-0.05, 0) is 41.8 Å². The highest BCUT2D eigenvalue weighted by atomic mass is 35.5. The normalized spacial score (nSPS) is 11.0. The Morgan fingerprint density at radius 2 is 2.04 bits per heavy atom. The Morgan fingerprint density at radius 3 is 2.68 bits per heavy atom. The van der Waals surface area contributed by atoms with E-state index in [1.54, 1.807) is 18.3 Å². The molecular formula is C18H14ClN3O2S. The first kappa shape index (κ1) is 17.1. The van der Waals surface area contributed by atoms with E-state index in [4.69, 9.17) is 11.6 Å². The van der Waals surface area contributed by atoms with Gasteiger partial charge in [0.15, 0.2) is 0 Å². The van der Waals surface area contributed by atoms with Crippen molar-refractivity contribution in [2.24, 2.45) is 5.10 Å². The lowest BCUT2D eigenvalue weighted by atomic mass is 9.99. The highest BCUT2D eigenvalue weighted by molar-refractivity contribution is 7.13. The Kier molecular flexibility index (Phi) is 5.11. The predicted octanol–water partition coefficient (Wildman–Crippen LogP) is 4.92. The quantitative estimate of drug-likeness (QED) is 0.493. The van der Waals surface area contributed by atoms with E-state index in [0.717, 1.165) is 22.0 Å². The van der Waals surface area contributed by atoms with E-state index in [9.17, 15) is 9.90 Å². The molecule has 0 saturated carbocycles. The maximum atomic E-state index is 11.4. The fraction of sp³-hybridized carbons (Fsp3) is 0.0556. The highest BCUT2D eigenvalue weighted by Gasteiger charge is 2.12. The minimum Gasteiger partial charge on any atom is -0.478 e. The van der Waals surface area contributed by atoms with Crippen LogP contribution in [0.3, 0.4) is 0 Å². The van der Waals surface area contributed by atoms with Gasteiger partial charge in [0.25, 0.3) is 0 Å². The maximum Gasteiger partial charge on any atom is 0.336 e. The zero-order valence-corrected chi connectivity index (χ0v) is 14.8. The van der Waals surface area contributed by atoms with Gasteiger partial charge in [-0.1, -0.05) is 35.9 Å². The van der Waals surface area contributed by atoms with Crippen LogP contribution in [0.4, 0.5) is 5.13 Å². The predicted molar refractivity (Wildman–Crippen MR) is 102 cm³/mol. The standard InChI is InChI=1S/C18H14ClN3O2S/c1-11-10-25-18(21-11)22-20-9-12-2-4-13(5-3-12)16-8-14(19)6-7-15(16)17(23)24/h2-10H,1H3,(H,21,22)(H,23,24). The summed E-state index contributed by atoms with van der Waals surface area (Å²) in [5, 5.41) is 16.6. The van der Waals surface area contributed by atoms with Crippen LogP contribution < -0.4 is 5.43 Å². The summed E-state index contributed by atoms with van der Waals surface area (Å²) >= 11 is 7.49. The van der Waals surface area contributed by atoms with Crippen molar-refractivity contribution in [1.29, 1.82) is 0 Å². The van der Waals surface area contributed by atoms with Gasteiger partial charge in [0.1, 0.15) is 0 Å². The molecule has 0 unspecified atom stereocenters. The largest absolute Gasteiger partial charge is 0.478 e. The Labute approximate surface area is 153 Å². The van der Waals surface area contributed by atoms with E-state index in [-0.39, 0.29) is 5.56 Å². The van der Waals surface area contributed by atoms with Crippen molar-refractivity contribution in [2.75, 3.05) is 5.43 Å². The van der Waals surface area contributed by atoms with Crippen molar-refractivity contribution in [1.82, 2.24) is 4.98 Å². The smallest absolute Gasteiger partial charge is 0.336 e. The molecule has 0 amide bonds. The fourth-order valence-corrected chi connectivity index (χ4v) is 3.07. The van der Waals surface area contributed by atoms with Crippen LogP contribution >= 0.6 is 22.9 Å². The Bertz CT molecular complexity index is 936. The van der Waals surface area contributed by atoms with Gasteiger partial charge >= 0.3 is 5.97 Å². The van der Waals surface area contributed by atoms with E-state index >= 15 is 0 Å². The first-order valence-electron chi connectivity index (χ1n) is 7.37. The van der Waals surface area contributed by atoms with Gasteiger partial charge in [0.05, 0.1) is 17.5 Å². The Morgan fingerprint density at radius 1 is 1.28 bits per heavy atom. The van der Waals surface area contributed by atoms with Crippen LogP contribution in [-0.2, 0) is 0 Å². The molecule has 0 spiro atoms. The van der Waals surface area contributed by atoms with Crippen LogP contribution in [0.25, 0.3) is 11.1 Å². The molecule has 0 radical (unpaired) electrons. The topological polar surface area (TPSA) is 74.6 Å². The molecule has 0 atom stereocenters. The second-order valence-electron chi connectivity index (χ2n) is 5.28. The van der Waals surface area contributed by atoms with Gasteiger partial charge in [-0.3, -0.25) is 5.43 Å². The first-order valence-corrected chi connectivity index (χ1v) is 8.63. The molecular weight excluding hydrogens is 358 g/mol. The second kappa shape index (κ2) is 7.46. The number of hydrogen-bond donors (Lipinski definition) is 2. The fourth-order valence-electron chi connectivity index (χ4n) is 2.26. The number of hydrogen-bond acceptors (Lipinski definition) is 5. The molecule has 0 aliphatic rings. The van der Waals surface area contributed by atoms with Gasteiger partial charge in [-0.2, -0.15) is 5.10 Å². The minimum atomic E-state index is -0.986. The molecule has 0 aliphatic heterocycles. The maximum absolute atomic E-state index is 11.4. The molecule has 0 saturated heterocycles. The van der Waals surface area contributed by atoms with Gasteiger partial charge in [0.2, 0.25) is 5.13 Å². The summed E-state index contributed by atoms with van der Waals surface area (Å²) < 4.78 is 0. The minimum absolute atomic E-state index is 0.214. The molecule has 3 rings (SSSR count). The van der Waals surface area contributed by atoms with E-state index < -0.39 is 5.97 Å². The summed E-state index contributed by atoms with van der Waals surface area (Å²) in [4.78, 5) is 15.6. The molecule has 0 bridgehead atoms. The molecule has 5 nitrogen and oxygen atoms in total. The van der Waals surface area contributed by atoms with Crippen LogP contribution in [0, 0.1) is 6.92 Å². The summed E-state index contributed by atoms with van der Waals surface area (Å²) in [5.74, 6) is -0.986. The number of carboxylic acids is 1. The molecule has 2 aromatic carbocycles. The van der Waals surface area contributed by atoms with Crippen molar-refractivity contribution >= 4 is 40.3 Å². The van der Waals surface area contributed by atoms with Crippen LogP contribution in [-0.4, -0.2) is 22.3 Å². The SMILES string of the molecule is Cc1csc(NN=Cc2ccc(-c3cc(Cl)ccc3C(=O)O)cc2)n1. The molecule has 7 heteroatoms. The van der Waals surface area contributed by atoms with Gasteiger partial charge in [-0.25, -0.2) is 9.78 Å². The van der Waals surface area contributed by atoms with E-state index in [1.165, 1.54) is 17.4 Å². The number of carboxylic acid groups (broad SMARTS) is 1. The third kappa shape index (κ3) is 4.23. The first-order chi connectivity index (χ1) is 12.0. The summed E-state index contributed by atoms with van der Waals surface area (Å²) in [6.07, 6.45) is 1.68. The van der Waals surface area contributed by atoms with Gasteiger partial charge in [0, 0.05) is 10.4 Å². The van der Waals surface area contributed by atoms with Crippen molar-refractivity contribution in [3.8, 4) is 11.1 Å².